The van der Waals surface area contributed by atoms with Gasteiger partial charge in [-0.25, -0.2) is 13.1 Å². The van der Waals surface area contributed by atoms with Crippen molar-refractivity contribution in [2.75, 3.05) is 18.8 Å². The van der Waals surface area contributed by atoms with Gasteiger partial charge < -0.3 is 5.32 Å². The molecule has 0 radical (unpaired) electrons. The van der Waals surface area contributed by atoms with Crippen molar-refractivity contribution in [1.82, 2.24) is 10.0 Å². The Bertz CT molecular complexity index is 342. The SMILES string of the molecule is CCCCS(=O)(=O)NCC12CCC1CCN2. The third-order valence-electron chi connectivity index (χ3n) is 4.06. The van der Waals surface area contributed by atoms with Crippen LogP contribution in [0.15, 0.2) is 0 Å². The van der Waals surface area contributed by atoms with Gasteiger partial charge in [0.25, 0.3) is 0 Å². The normalized spacial score (nSPS) is 33.4. The van der Waals surface area contributed by atoms with E-state index >= 15 is 0 Å². The topological polar surface area (TPSA) is 58.2 Å². The van der Waals surface area contributed by atoms with Gasteiger partial charge in [0, 0.05) is 12.1 Å². The Labute approximate surface area is 98.2 Å². The van der Waals surface area contributed by atoms with Gasteiger partial charge in [0.2, 0.25) is 10.0 Å². The van der Waals surface area contributed by atoms with Gasteiger partial charge in [-0.1, -0.05) is 13.3 Å². The van der Waals surface area contributed by atoms with Gasteiger partial charge in [0.15, 0.2) is 0 Å². The second-order valence-electron chi connectivity index (χ2n) is 5.10. The molecule has 0 aromatic rings. The lowest BCUT2D eigenvalue weighted by atomic mass is 9.68. The minimum atomic E-state index is -3.05. The van der Waals surface area contributed by atoms with Crippen LogP contribution in [0.1, 0.15) is 39.0 Å². The standard InChI is InChI=1S/C11H22N2O2S/c1-2-3-8-16(14,15)13-9-11-6-4-10(11)5-7-12-11/h10,12-13H,2-9H2,1H3. The van der Waals surface area contributed by atoms with Crippen LogP contribution in [0, 0.1) is 5.92 Å². The molecule has 1 saturated heterocycles. The fraction of sp³-hybridized carbons (Fsp3) is 1.00. The molecule has 0 aromatic heterocycles. The average molecular weight is 246 g/mol. The van der Waals surface area contributed by atoms with Crippen molar-refractivity contribution in [1.29, 1.82) is 0 Å². The number of fused-ring (bicyclic) bond motifs is 1. The highest BCUT2D eigenvalue weighted by molar-refractivity contribution is 7.89. The molecule has 1 heterocycles. The molecule has 2 fully saturated rings. The number of hydrogen-bond donors (Lipinski definition) is 2. The molecular weight excluding hydrogens is 224 g/mol. The summed E-state index contributed by atoms with van der Waals surface area (Å²) in [6.45, 7) is 3.64. The summed E-state index contributed by atoms with van der Waals surface area (Å²) in [5.74, 6) is 0.964. The van der Waals surface area contributed by atoms with E-state index in [0.29, 0.717) is 12.5 Å². The first kappa shape index (κ1) is 12.3. The summed E-state index contributed by atoms with van der Waals surface area (Å²) in [5.41, 5.74) is 0.0965. The number of rotatable bonds is 6. The van der Waals surface area contributed by atoms with Crippen molar-refractivity contribution in [2.45, 2.75) is 44.6 Å². The van der Waals surface area contributed by atoms with Crippen molar-refractivity contribution in [3.05, 3.63) is 0 Å². The Hall–Kier alpha value is -0.130. The predicted octanol–water partition coefficient (Wildman–Crippen LogP) is 0.848. The lowest BCUT2D eigenvalue weighted by Gasteiger charge is -2.45. The van der Waals surface area contributed by atoms with Gasteiger partial charge in [-0.2, -0.15) is 0 Å². The first-order valence-corrected chi connectivity index (χ1v) is 7.95. The van der Waals surface area contributed by atoms with E-state index in [4.69, 9.17) is 0 Å². The fourth-order valence-corrected chi connectivity index (χ4v) is 4.08. The van der Waals surface area contributed by atoms with Crippen LogP contribution in [-0.4, -0.2) is 32.8 Å². The Morgan fingerprint density at radius 3 is 2.81 bits per heavy atom. The summed E-state index contributed by atoms with van der Waals surface area (Å²) in [4.78, 5) is 0. The Balaban J connectivity index is 1.83. The minimum absolute atomic E-state index is 0.0965. The summed E-state index contributed by atoms with van der Waals surface area (Å²) >= 11 is 0. The lowest BCUT2D eigenvalue weighted by molar-refractivity contribution is 0.140. The first-order valence-electron chi connectivity index (χ1n) is 6.30. The van der Waals surface area contributed by atoms with Gasteiger partial charge in [-0.15, -0.1) is 0 Å². The van der Waals surface area contributed by atoms with E-state index in [1.165, 1.54) is 12.8 Å². The molecule has 94 valence electrons. The highest BCUT2D eigenvalue weighted by atomic mass is 32.2. The van der Waals surface area contributed by atoms with E-state index in [1.807, 2.05) is 6.92 Å². The lowest BCUT2D eigenvalue weighted by Crippen LogP contribution is -2.59. The quantitative estimate of drug-likeness (QED) is 0.730. The first-order chi connectivity index (χ1) is 7.58. The molecule has 1 saturated carbocycles. The smallest absolute Gasteiger partial charge is 0.211 e. The Morgan fingerprint density at radius 1 is 1.44 bits per heavy atom. The molecule has 4 nitrogen and oxygen atoms in total. The molecular formula is C11H22N2O2S. The number of unbranched alkanes of at least 4 members (excludes halogenated alkanes) is 1. The summed E-state index contributed by atoms with van der Waals surface area (Å²) in [6.07, 6.45) is 5.25. The van der Waals surface area contributed by atoms with Gasteiger partial charge in [-0.05, 0) is 38.1 Å². The van der Waals surface area contributed by atoms with Crippen LogP contribution in [0.5, 0.6) is 0 Å². The monoisotopic (exact) mass is 246 g/mol. The van der Waals surface area contributed by atoms with E-state index in [9.17, 15) is 8.42 Å². The van der Waals surface area contributed by atoms with Gasteiger partial charge in [0.1, 0.15) is 0 Å². The third kappa shape index (κ3) is 2.41. The van der Waals surface area contributed by atoms with E-state index < -0.39 is 10.0 Å². The van der Waals surface area contributed by atoms with Crippen molar-refractivity contribution in [2.24, 2.45) is 5.92 Å². The van der Waals surface area contributed by atoms with Crippen LogP contribution in [0.4, 0.5) is 0 Å². The van der Waals surface area contributed by atoms with Crippen LogP contribution in [0.2, 0.25) is 0 Å². The fourth-order valence-electron chi connectivity index (χ4n) is 2.79. The van der Waals surface area contributed by atoms with Crippen LogP contribution in [0.3, 0.4) is 0 Å². The molecule has 0 bridgehead atoms. The summed E-state index contributed by atoms with van der Waals surface area (Å²) in [7, 11) is -3.05. The Kier molecular flexibility index (Phi) is 3.56. The predicted molar refractivity (Wildman–Crippen MR) is 64.8 cm³/mol. The van der Waals surface area contributed by atoms with E-state index in [1.54, 1.807) is 0 Å². The summed E-state index contributed by atoms with van der Waals surface area (Å²) < 4.78 is 26.1. The number of nitrogens with one attached hydrogen (secondary N) is 2. The third-order valence-corrected chi connectivity index (χ3v) is 5.47. The zero-order valence-electron chi connectivity index (χ0n) is 9.96. The Morgan fingerprint density at radius 2 is 2.25 bits per heavy atom. The maximum absolute atomic E-state index is 11.7. The van der Waals surface area contributed by atoms with Crippen LogP contribution < -0.4 is 10.0 Å². The van der Waals surface area contributed by atoms with Crippen LogP contribution in [0.25, 0.3) is 0 Å². The second kappa shape index (κ2) is 4.63. The molecule has 1 aliphatic heterocycles. The van der Waals surface area contributed by atoms with Crippen LogP contribution in [-0.2, 0) is 10.0 Å². The molecule has 0 aromatic carbocycles. The molecule has 2 rings (SSSR count). The van der Waals surface area contributed by atoms with E-state index in [-0.39, 0.29) is 11.3 Å². The van der Waals surface area contributed by atoms with Crippen molar-refractivity contribution >= 4 is 10.0 Å². The minimum Gasteiger partial charge on any atom is -0.310 e. The van der Waals surface area contributed by atoms with Crippen molar-refractivity contribution < 1.29 is 8.42 Å². The molecule has 0 amide bonds. The number of sulfonamides is 1. The maximum atomic E-state index is 11.7. The molecule has 2 unspecified atom stereocenters. The highest BCUT2D eigenvalue weighted by Gasteiger charge is 2.49. The van der Waals surface area contributed by atoms with Gasteiger partial charge >= 0.3 is 0 Å². The van der Waals surface area contributed by atoms with E-state index in [0.717, 1.165) is 25.8 Å². The molecule has 2 aliphatic rings. The zero-order valence-corrected chi connectivity index (χ0v) is 10.8. The largest absolute Gasteiger partial charge is 0.310 e. The molecule has 16 heavy (non-hydrogen) atoms. The zero-order chi connectivity index (χ0) is 11.6. The second-order valence-corrected chi connectivity index (χ2v) is 7.03. The molecule has 2 N–H and O–H groups in total. The van der Waals surface area contributed by atoms with Crippen molar-refractivity contribution in [3.63, 3.8) is 0 Å². The molecule has 5 heteroatoms. The van der Waals surface area contributed by atoms with Gasteiger partial charge in [-0.3, -0.25) is 0 Å². The average Bonchev–Trinajstić information content (AvgIpc) is 2.50. The van der Waals surface area contributed by atoms with Gasteiger partial charge in [0.05, 0.1) is 5.75 Å². The van der Waals surface area contributed by atoms with Crippen LogP contribution >= 0.6 is 0 Å². The molecule has 2 atom stereocenters. The summed E-state index contributed by atoms with van der Waals surface area (Å²) in [6, 6.07) is 0. The summed E-state index contributed by atoms with van der Waals surface area (Å²) in [5, 5.41) is 3.47. The van der Waals surface area contributed by atoms with Crippen molar-refractivity contribution in [3.8, 4) is 0 Å². The highest BCUT2D eigenvalue weighted by Crippen LogP contribution is 2.43. The molecule has 0 spiro atoms. The van der Waals surface area contributed by atoms with E-state index in [2.05, 4.69) is 10.0 Å². The number of hydrogen-bond acceptors (Lipinski definition) is 3. The maximum Gasteiger partial charge on any atom is 0.211 e. The molecule has 1 aliphatic carbocycles.